The number of nitrogens with zero attached hydrogens (tertiary/aromatic N) is 6. The van der Waals surface area contributed by atoms with Crippen molar-refractivity contribution in [3.8, 4) is 0 Å². The maximum Gasteiger partial charge on any atom is 0.228 e. The number of hydrogen-bond donors (Lipinski definition) is 0. The molecule has 0 radical (unpaired) electrons. The summed E-state index contributed by atoms with van der Waals surface area (Å²) < 4.78 is 12.8. The molecule has 0 heterocycles. The first kappa shape index (κ1) is 26.6. The van der Waals surface area contributed by atoms with Crippen LogP contribution in [-0.4, -0.2) is 44.6 Å². The Morgan fingerprint density at radius 3 is 1.93 bits per heavy atom. The minimum atomic E-state index is -3.22. The summed E-state index contributed by atoms with van der Waals surface area (Å²) in [5.41, 5.74) is 8.61. The van der Waals surface area contributed by atoms with E-state index in [9.17, 15) is 4.57 Å². The van der Waals surface area contributed by atoms with Gasteiger partial charge in [-0.2, -0.15) is 0 Å². The van der Waals surface area contributed by atoms with Gasteiger partial charge in [-0.1, -0.05) is 60.7 Å². The summed E-state index contributed by atoms with van der Waals surface area (Å²) in [6.45, 7) is 4.67. The fourth-order valence-corrected chi connectivity index (χ4v) is 3.98. The van der Waals surface area contributed by atoms with Crippen LogP contribution >= 0.6 is 19.7 Å². The van der Waals surface area contributed by atoms with Gasteiger partial charge in [0.15, 0.2) is 0 Å². The minimum Gasteiger partial charge on any atom is -0.309 e. The Hall–Kier alpha value is -2.39. The van der Waals surface area contributed by atoms with Crippen LogP contribution in [0.1, 0.15) is 13.3 Å². The highest BCUT2D eigenvalue weighted by molar-refractivity contribution is 7.77. The van der Waals surface area contributed by atoms with E-state index in [1.165, 1.54) is 0 Å². The van der Waals surface area contributed by atoms with E-state index in [1.54, 1.807) is 48.5 Å². The highest BCUT2D eigenvalue weighted by atomic mass is 35.5. The van der Waals surface area contributed by atoms with Crippen LogP contribution in [0.25, 0.3) is 10.4 Å². The van der Waals surface area contributed by atoms with E-state index in [0.29, 0.717) is 10.6 Å². The van der Waals surface area contributed by atoms with Gasteiger partial charge < -0.3 is 9.46 Å². The summed E-state index contributed by atoms with van der Waals surface area (Å²) >= 11 is 0. The molecule has 2 aromatic carbocycles. The molecule has 2 aromatic rings. The SMILES string of the molecule is CCN=C=NCCCN(C)C.Cl.[N-]=[N+]=NP(=O)(c1ccccc1)c1ccccc1. The molecule has 0 saturated heterocycles. The van der Waals surface area contributed by atoms with Crippen LogP contribution in [0.4, 0.5) is 0 Å². The smallest absolute Gasteiger partial charge is 0.228 e. The lowest BCUT2D eigenvalue weighted by Crippen LogP contribution is -2.13. The van der Waals surface area contributed by atoms with E-state index in [-0.39, 0.29) is 12.4 Å². The fraction of sp³-hybridized carbons (Fsp3) is 0.350. The second kappa shape index (κ2) is 15.5. The van der Waals surface area contributed by atoms with Gasteiger partial charge in [0, 0.05) is 22.1 Å². The second-order valence-corrected chi connectivity index (χ2v) is 8.40. The first-order valence-electron chi connectivity index (χ1n) is 9.05. The highest BCUT2D eigenvalue weighted by Crippen LogP contribution is 2.44. The first-order valence-corrected chi connectivity index (χ1v) is 10.7. The average Bonchev–Trinajstić information content (AvgIpc) is 2.72. The Morgan fingerprint density at radius 1 is 1.00 bits per heavy atom. The van der Waals surface area contributed by atoms with Gasteiger partial charge in [0.25, 0.3) is 0 Å². The summed E-state index contributed by atoms with van der Waals surface area (Å²) in [4.78, 5) is 16.2. The van der Waals surface area contributed by atoms with Crippen LogP contribution < -0.4 is 10.6 Å². The van der Waals surface area contributed by atoms with Crippen LogP contribution in [0.2, 0.25) is 0 Å². The molecule has 0 aromatic heterocycles. The predicted octanol–water partition coefficient (Wildman–Crippen LogP) is 4.78. The van der Waals surface area contributed by atoms with Crippen molar-refractivity contribution in [3.63, 3.8) is 0 Å². The molecule has 0 aliphatic carbocycles. The van der Waals surface area contributed by atoms with E-state index in [0.717, 1.165) is 26.1 Å². The molecule has 0 aliphatic heterocycles. The van der Waals surface area contributed by atoms with Crippen molar-refractivity contribution in [2.24, 2.45) is 14.9 Å². The van der Waals surface area contributed by atoms with E-state index in [2.05, 4.69) is 44.8 Å². The fourth-order valence-electron chi connectivity index (χ4n) is 2.21. The number of rotatable bonds is 8. The first-order chi connectivity index (χ1) is 13.5. The standard InChI is InChI=1S/C12H10N3OP.C8H17N3.ClH/c13-14-15-17(16,11-7-3-1-4-8-11)12-9-5-2-6-10-12;1-4-9-8-10-6-5-7-11(2)3;/h1-10H;4-7H2,1-3H3;1H. The maximum absolute atomic E-state index is 12.8. The average molecular weight is 435 g/mol. The molecule has 0 unspecified atom stereocenters. The van der Waals surface area contributed by atoms with Gasteiger partial charge in [-0.15, -0.1) is 12.4 Å². The lowest BCUT2D eigenvalue weighted by Gasteiger charge is -2.12. The Kier molecular flexibility index (Phi) is 14.2. The normalized spacial score (nSPS) is 9.79. The minimum absolute atomic E-state index is 0. The lowest BCUT2D eigenvalue weighted by atomic mass is 10.4. The van der Waals surface area contributed by atoms with Crippen LogP contribution in [0.15, 0.2) is 75.5 Å². The summed E-state index contributed by atoms with van der Waals surface area (Å²) in [6.07, 6.45) is 1.08. The molecule has 2 rings (SSSR count). The summed E-state index contributed by atoms with van der Waals surface area (Å²) in [6, 6.07) is 20.2. The molecule has 0 aliphatic rings. The Labute approximate surface area is 179 Å². The molecule has 0 N–H and O–H groups in total. The van der Waals surface area contributed by atoms with Gasteiger partial charge in [-0.25, -0.2) is 9.98 Å². The highest BCUT2D eigenvalue weighted by Gasteiger charge is 2.25. The van der Waals surface area contributed by atoms with Crippen molar-refractivity contribution in [2.45, 2.75) is 13.3 Å². The third kappa shape index (κ3) is 10.1. The molecule has 0 saturated carbocycles. The van der Waals surface area contributed by atoms with Gasteiger partial charge in [0.2, 0.25) is 7.29 Å². The number of azide groups is 1. The van der Waals surface area contributed by atoms with Crippen molar-refractivity contribution in [1.82, 2.24) is 4.90 Å². The van der Waals surface area contributed by atoms with E-state index in [4.69, 9.17) is 5.53 Å². The summed E-state index contributed by atoms with van der Waals surface area (Å²) in [7, 11) is 0.903. The van der Waals surface area contributed by atoms with Gasteiger partial charge >= 0.3 is 0 Å². The maximum atomic E-state index is 12.8. The second-order valence-electron chi connectivity index (χ2n) is 6.04. The number of halogens is 1. The summed E-state index contributed by atoms with van der Waals surface area (Å²) in [5, 5.41) is 1.09. The molecule has 7 nitrogen and oxygen atoms in total. The van der Waals surface area contributed by atoms with Crippen molar-refractivity contribution in [2.75, 3.05) is 33.7 Å². The quantitative estimate of drug-likeness (QED) is 0.149. The van der Waals surface area contributed by atoms with E-state index in [1.807, 2.05) is 19.1 Å². The topological polar surface area (TPSA) is 93.8 Å². The van der Waals surface area contributed by atoms with Gasteiger partial charge in [-0.3, -0.25) is 0 Å². The molecule has 29 heavy (non-hydrogen) atoms. The van der Waals surface area contributed by atoms with Crippen molar-refractivity contribution >= 4 is 36.3 Å². The van der Waals surface area contributed by atoms with Crippen molar-refractivity contribution in [1.29, 1.82) is 0 Å². The predicted molar refractivity (Wildman–Crippen MR) is 125 cm³/mol. The largest absolute Gasteiger partial charge is 0.309 e. The van der Waals surface area contributed by atoms with Crippen LogP contribution in [0.5, 0.6) is 0 Å². The number of benzene rings is 2. The van der Waals surface area contributed by atoms with Crippen molar-refractivity contribution < 1.29 is 4.57 Å². The van der Waals surface area contributed by atoms with Gasteiger partial charge in [-0.05, 0) is 44.4 Å². The molecule has 9 heteroatoms. The lowest BCUT2D eigenvalue weighted by molar-refractivity contribution is 0.403. The van der Waals surface area contributed by atoms with Crippen molar-refractivity contribution in [3.05, 3.63) is 71.1 Å². The van der Waals surface area contributed by atoms with E-state index < -0.39 is 7.29 Å². The Bertz CT molecular complexity index is 804. The van der Waals surface area contributed by atoms with Gasteiger partial charge in [0.1, 0.15) is 0 Å². The third-order valence-corrected chi connectivity index (χ3v) is 5.88. The summed E-state index contributed by atoms with van der Waals surface area (Å²) in [5.74, 6) is 0. The Balaban J connectivity index is 0.000000576. The molecule has 0 atom stereocenters. The third-order valence-electron chi connectivity index (χ3n) is 3.55. The number of aliphatic imine (C=N–C) groups is 2. The zero-order chi connectivity index (χ0) is 20.7. The van der Waals surface area contributed by atoms with Crippen LogP contribution in [-0.2, 0) is 4.57 Å². The molecule has 156 valence electrons. The molecular formula is C20H28ClN6OP. The Morgan fingerprint density at radius 2 is 1.52 bits per heavy atom. The molecular weight excluding hydrogens is 407 g/mol. The van der Waals surface area contributed by atoms with E-state index >= 15 is 0 Å². The molecule has 0 amide bonds. The molecule has 0 fully saturated rings. The van der Waals surface area contributed by atoms with Crippen LogP contribution in [0, 0.1) is 0 Å². The van der Waals surface area contributed by atoms with Gasteiger partial charge in [0.05, 0.1) is 12.6 Å². The van der Waals surface area contributed by atoms with Crippen LogP contribution in [0.3, 0.4) is 0 Å². The number of hydrogen-bond acceptors (Lipinski definition) is 4. The molecule has 0 bridgehead atoms. The zero-order valence-corrected chi connectivity index (χ0v) is 18.8. The zero-order valence-electron chi connectivity index (χ0n) is 17.0. The molecule has 0 spiro atoms. The monoisotopic (exact) mass is 434 g/mol.